The van der Waals surface area contributed by atoms with E-state index in [1.807, 2.05) is 18.2 Å². The lowest BCUT2D eigenvalue weighted by molar-refractivity contribution is 0.214. The van der Waals surface area contributed by atoms with E-state index >= 15 is 0 Å². The van der Waals surface area contributed by atoms with Crippen molar-refractivity contribution in [3.05, 3.63) is 23.8 Å². The van der Waals surface area contributed by atoms with Gasteiger partial charge in [-0.3, -0.25) is 0 Å². The average Bonchev–Trinajstić information content (AvgIpc) is 2.36. The molecule has 0 bridgehead atoms. The van der Waals surface area contributed by atoms with Gasteiger partial charge in [0.1, 0.15) is 11.5 Å². The number of ether oxygens (including phenoxy) is 2. The summed E-state index contributed by atoms with van der Waals surface area (Å²) in [4.78, 5) is 0. The molecule has 1 aromatic rings. The average molecular weight is 257 g/mol. The van der Waals surface area contributed by atoms with Crippen molar-refractivity contribution in [2.45, 2.75) is 45.6 Å². The van der Waals surface area contributed by atoms with Crippen molar-refractivity contribution in [3.8, 4) is 11.5 Å². The van der Waals surface area contributed by atoms with Crippen molar-refractivity contribution in [2.75, 3.05) is 6.61 Å². The first-order valence-electron chi connectivity index (χ1n) is 6.19. The summed E-state index contributed by atoms with van der Waals surface area (Å²) in [5.74, 6) is 2.14. The van der Waals surface area contributed by atoms with Gasteiger partial charge < -0.3 is 9.47 Å². The lowest BCUT2D eigenvalue weighted by atomic mass is 10.2. The lowest BCUT2D eigenvalue weighted by Crippen LogP contribution is -2.11. The van der Waals surface area contributed by atoms with Gasteiger partial charge in [-0.25, -0.2) is 0 Å². The molecule has 1 aromatic carbocycles. The van der Waals surface area contributed by atoms with Crippen LogP contribution in [0.15, 0.2) is 18.2 Å². The van der Waals surface area contributed by atoms with Crippen LogP contribution in [-0.2, 0) is 5.88 Å². The molecule has 0 aliphatic carbocycles. The molecule has 0 radical (unpaired) electrons. The van der Waals surface area contributed by atoms with Crippen LogP contribution in [0.5, 0.6) is 11.5 Å². The first-order valence-corrected chi connectivity index (χ1v) is 6.73. The third kappa shape index (κ3) is 4.47. The Labute approximate surface area is 109 Å². The fraction of sp³-hybridized carbons (Fsp3) is 0.571. The van der Waals surface area contributed by atoms with Crippen LogP contribution < -0.4 is 9.47 Å². The zero-order valence-electron chi connectivity index (χ0n) is 10.8. The Morgan fingerprint density at radius 1 is 1.29 bits per heavy atom. The van der Waals surface area contributed by atoms with Crippen LogP contribution in [0.25, 0.3) is 0 Å². The summed E-state index contributed by atoms with van der Waals surface area (Å²) in [6.45, 7) is 6.97. The van der Waals surface area contributed by atoms with Crippen molar-refractivity contribution in [1.82, 2.24) is 0 Å². The van der Waals surface area contributed by atoms with Gasteiger partial charge in [0, 0.05) is 11.6 Å². The summed E-state index contributed by atoms with van der Waals surface area (Å²) in [6.07, 6.45) is 2.17. The third-order valence-electron chi connectivity index (χ3n) is 2.56. The van der Waals surface area contributed by atoms with E-state index in [9.17, 15) is 0 Å². The van der Waals surface area contributed by atoms with E-state index in [1.165, 1.54) is 0 Å². The van der Waals surface area contributed by atoms with Crippen LogP contribution in [0.2, 0.25) is 0 Å². The zero-order valence-corrected chi connectivity index (χ0v) is 11.6. The second-order valence-electron chi connectivity index (χ2n) is 4.09. The van der Waals surface area contributed by atoms with Crippen molar-refractivity contribution in [3.63, 3.8) is 0 Å². The van der Waals surface area contributed by atoms with Crippen LogP contribution in [0.4, 0.5) is 0 Å². The van der Waals surface area contributed by atoms with Crippen molar-refractivity contribution >= 4 is 11.6 Å². The Kier molecular flexibility index (Phi) is 6.20. The molecular formula is C14H21ClO2. The van der Waals surface area contributed by atoms with E-state index < -0.39 is 0 Å². The molecule has 1 rings (SSSR count). The van der Waals surface area contributed by atoms with Crippen molar-refractivity contribution in [1.29, 1.82) is 0 Å². The number of rotatable bonds is 7. The minimum absolute atomic E-state index is 0.193. The van der Waals surface area contributed by atoms with Gasteiger partial charge >= 0.3 is 0 Å². The molecule has 0 fully saturated rings. The van der Waals surface area contributed by atoms with Gasteiger partial charge in [-0.1, -0.05) is 19.9 Å². The Bertz CT molecular complexity index is 339. The molecule has 0 spiro atoms. The summed E-state index contributed by atoms with van der Waals surface area (Å²) in [5.41, 5.74) is 1.01. The maximum Gasteiger partial charge on any atom is 0.127 e. The number of alkyl halides is 1. The molecular weight excluding hydrogens is 236 g/mol. The van der Waals surface area contributed by atoms with Crippen LogP contribution in [0, 0.1) is 0 Å². The highest BCUT2D eigenvalue weighted by atomic mass is 35.5. The number of hydrogen-bond donors (Lipinski definition) is 0. The molecule has 2 nitrogen and oxygen atoms in total. The second kappa shape index (κ2) is 7.44. The predicted molar refractivity (Wildman–Crippen MR) is 72.2 cm³/mol. The van der Waals surface area contributed by atoms with Crippen molar-refractivity contribution < 1.29 is 9.47 Å². The van der Waals surface area contributed by atoms with E-state index in [0.717, 1.165) is 36.5 Å². The molecule has 0 saturated carbocycles. The molecule has 0 amide bonds. The third-order valence-corrected chi connectivity index (χ3v) is 2.85. The van der Waals surface area contributed by atoms with Crippen LogP contribution in [-0.4, -0.2) is 12.7 Å². The topological polar surface area (TPSA) is 18.5 Å². The van der Waals surface area contributed by atoms with Gasteiger partial charge in [0.15, 0.2) is 0 Å². The Morgan fingerprint density at radius 2 is 2.06 bits per heavy atom. The van der Waals surface area contributed by atoms with Gasteiger partial charge in [-0.2, -0.15) is 0 Å². The maximum atomic E-state index is 5.89. The zero-order chi connectivity index (χ0) is 12.7. The first kappa shape index (κ1) is 14.2. The van der Waals surface area contributed by atoms with E-state index in [2.05, 4.69) is 20.8 Å². The smallest absolute Gasteiger partial charge is 0.127 e. The summed E-state index contributed by atoms with van der Waals surface area (Å²) < 4.78 is 11.4. The Morgan fingerprint density at radius 3 is 2.65 bits per heavy atom. The van der Waals surface area contributed by atoms with Crippen LogP contribution in [0.3, 0.4) is 0 Å². The predicted octanol–water partition coefficient (Wildman–Crippen LogP) is 4.39. The molecule has 0 N–H and O–H groups in total. The molecule has 1 atom stereocenters. The number of halogens is 1. The fourth-order valence-electron chi connectivity index (χ4n) is 1.36. The highest BCUT2D eigenvalue weighted by molar-refractivity contribution is 6.17. The molecule has 96 valence electrons. The second-order valence-corrected chi connectivity index (χ2v) is 4.36. The Balaban J connectivity index is 2.82. The van der Waals surface area contributed by atoms with Crippen LogP contribution in [0.1, 0.15) is 39.2 Å². The van der Waals surface area contributed by atoms with Gasteiger partial charge in [0.2, 0.25) is 0 Å². The highest BCUT2D eigenvalue weighted by Gasteiger charge is 2.08. The fourth-order valence-corrected chi connectivity index (χ4v) is 1.59. The summed E-state index contributed by atoms with van der Waals surface area (Å²) >= 11 is 5.89. The SMILES string of the molecule is CCCOc1ccc(CCl)c(OC(C)CC)c1. The van der Waals surface area contributed by atoms with Gasteiger partial charge in [0.25, 0.3) is 0 Å². The number of benzene rings is 1. The summed E-state index contributed by atoms with van der Waals surface area (Å²) in [7, 11) is 0. The highest BCUT2D eigenvalue weighted by Crippen LogP contribution is 2.27. The van der Waals surface area contributed by atoms with Gasteiger partial charge in [0.05, 0.1) is 18.6 Å². The minimum atomic E-state index is 0.193. The molecule has 0 aliphatic heterocycles. The standard InChI is InChI=1S/C14H21ClO2/c1-4-8-16-13-7-6-12(10-15)14(9-13)17-11(3)5-2/h6-7,9,11H,4-5,8,10H2,1-3H3. The lowest BCUT2D eigenvalue weighted by Gasteiger charge is -2.16. The van der Waals surface area contributed by atoms with E-state index in [1.54, 1.807) is 0 Å². The van der Waals surface area contributed by atoms with Gasteiger partial charge in [-0.15, -0.1) is 11.6 Å². The normalized spacial score (nSPS) is 12.2. The molecule has 0 heterocycles. The first-order chi connectivity index (χ1) is 8.21. The molecule has 0 aliphatic rings. The monoisotopic (exact) mass is 256 g/mol. The summed E-state index contributed by atoms with van der Waals surface area (Å²) in [5, 5.41) is 0. The molecule has 17 heavy (non-hydrogen) atoms. The molecule has 0 aromatic heterocycles. The maximum absolute atomic E-state index is 5.89. The minimum Gasteiger partial charge on any atom is -0.493 e. The molecule has 0 saturated heterocycles. The van der Waals surface area contributed by atoms with E-state index in [4.69, 9.17) is 21.1 Å². The molecule has 3 heteroatoms. The van der Waals surface area contributed by atoms with Crippen molar-refractivity contribution in [2.24, 2.45) is 0 Å². The number of hydrogen-bond acceptors (Lipinski definition) is 2. The van der Waals surface area contributed by atoms with E-state index in [0.29, 0.717) is 5.88 Å². The quantitative estimate of drug-likeness (QED) is 0.674. The van der Waals surface area contributed by atoms with E-state index in [-0.39, 0.29) is 6.10 Å². The molecule has 1 unspecified atom stereocenters. The van der Waals surface area contributed by atoms with Gasteiger partial charge in [-0.05, 0) is 25.8 Å². The largest absolute Gasteiger partial charge is 0.493 e. The Hall–Kier alpha value is -0.890. The van der Waals surface area contributed by atoms with Crippen LogP contribution >= 0.6 is 11.6 Å². The summed E-state index contributed by atoms with van der Waals surface area (Å²) in [6, 6.07) is 5.84.